The highest BCUT2D eigenvalue weighted by Crippen LogP contribution is 2.27. The van der Waals surface area contributed by atoms with Crippen molar-refractivity contribution in [2.45, 2.75) is 52.7 Å². The lowest BCUT2D eigenvalue weighted by Crippen LogP contribution is -2.25. The second kappa shape index (κ2) is 13.3. The van der Waals surface area contributed by atoms with Crippen LogP contribution in [0.1, 0.15) is 48.9 Å². The zero-order chi connectivity index (χ0) is 26.8. The van der Waals surface area contributed by atoms with Gasteiger partial charge in [0.2, 0.25) is 0 Å². The summed E-state index contributed by atoms with van der Waals surface area (Å²) in [5, 5.41) is 20.1. The molecule has 0 aliphatic heterocycles. The molecule has 0 saturated heterocycles. The lowest BCUT2D eigenvalue weighted by Gasteiger charge is -2.20. The average molecular weight is 503 g/mol. The highest BCUT2D eigenvalue weighted by atomic mass is 16.5. The Morgan fingerprint density at radius 1 is 0.973 bits per heavy atom. The smallest absolute Gasteiger partial charge is 0.331 e. The Labute approximate surface area is 218 Å². The summed E-state index contributed by atoms with van der Waals surface area (Å²) in [5.74, 6) is -1.62. The van der Waals surface area contributed by atoms with Gasteiger partial charge in [0.05, 0.1) is 12.0 Å². The second-order valence-electron chi connectivity index (χ2n) is 9.22. The Morgan fingerprint density at radius 3 is 2.32 bits per heavy atom. The average Bonchev–Trinajstić information content (AvgIpc) is 2.89. The molecule has 6 heteroatoms. The minimum Gasteiger partial charge on any atom is -0.507 e. The van der Waals surface area contributed by atoms with Crippen molar-refractivity contribution >= 4 is 18.0 Å². The van der Waals surface area contributed by atoms with Crippen LogP contribution < -0.4 is 4.74 Å². The molecule has 0 amide bonds. The van der Waals surface area contributed by atoms with Gasteiger partial charge in [-0.05, 0) is 74.6 Å². The Morgan fingerprint density at radius 2 is 1.68 bits per heavy atom. The van der Waals surface area contributed by atoms with Crippen LogP contribution in [0.2, 0.25) is 0 Å². The normalized spacial score (nSPS) is 13.0. The number of ether oxygens (including phenoxy) is 2. The molecule has 0 aliphatic carbocycles. The highest BCUT2D eigenvalue weighted by molar-refractivity contribution is 5.93. The first kappa shape index (κ1) is 27.5. The first-order chi connectivity index (χ1) is 17.7. The van der Waals surface area contributed by atoms with Crippen LogP contribution in [0.15, 0.2) is 78.4 Å². The predicted octanol–water partition coefficient (Wildman–Crippen LogP) is 6.34. The summed E-state index contributed by atoms with van der Waals surface area (Å²) in [6, 6.07) is 22.3. The molecular weight excluding hydrogens is 468 g/mol. The molecular formula is C31H34O6. The van der Waals surface area contributed by atoms with Crippen LogP contribution in [-0.4, -0.2) is 28.3 Å². The van der Waals surface area contributed by atoms with Gasteiger partial charge in [0, 0.05) is 11.1 Å². The number of phenols is 1. The summed E-state index contributed by atoms with van der Waals surface area (Å²) in [5.41, 5.74) is 3.23. The van der Waals surface area contributed by atoms with Crippen molar-refractivity contribution in [2.75, 3.05) is 0 Å². The van der Waals surface area contributed by atoms with Crippen molar-refractivity contribution in [3.63, 3.8) is 0 Å². The van der Waals surface area contributed by atoms with Crippen molar-refractivity contribution in [2.24, 2.45) is 5.92 Å². The van der Waals surface area contributed by atoms with Crippen LogP contribution in [0.5, 0.6) is 11.5 Å². The monoisotopic (exact) mass is 502 g/mol. The lowest BCUT2D eigenvalue weighted by molar-refractivity contribution is -0.153. The Balaban J connectivity index is 1.79. The molecule has 2 atom stereocenters. The molecule has 37 heavy (non-hydrogen) atoms. The van der Waals surface area contributed by atoms with Crippen LogP contribution >= 0.6 is 0 Å². The van der Waals surface area contributed by atoms with Gasteiger partial charge in [-0.2, -0.15) is 0 Å². The van der Waals surface area contributed by atoms with Crippen molar-refractivity contribution in [3.05, 3.63) is 101 Å². The van der Waals surface area contributed by atoms with Gasteiger partial charge in [0.1, 0.15) is 18.1 Å². The van der Waals surface area contributed by atoms with E-state index in [2.05, 4.69) is 0 Å². The number of hydrogen-bond donors (Lipinski definition) is 2. The van der Waals surface area contributed by atoms with Crippen LogP contribution in [0, 0.1) is 12.8 Å². The lowest BCUT2D eigenvalue weighted by atomic mass is 9.91. The summed E-state index contributed by atoms with van der Waals surface area (Å²) in [4.78, 5) is 25.2. The van der Waals surface area contributed by atoms with E-state index in [1.165, 1.54) is 12.1 Å². The van der Waals surface area contributed by atoms with E-state index in [-0.39, 0.29) is 23.8 Å². The summed E-state index contributed by atoms with van der Waals surface area (Å²) in [7, 11) is 0. The van der Waals surface area contributed by atoms with Gasteiger partial charge in [-0.1, -0.05) is 61.0 Å². The zero-order valence-corrected chi connectivity index (χ0v) is 21.5. The highest BCUT2D eigenvalue weighted by Gasteiger charge is 2.26. The van der Waals surface area contributed by atoms with Gasteiger partial charge in [-0.3, -0.25) is 4.79 Å². The number of carbonyl (C=O) groups is 2. The number of hydrogen-bond acceptors (Lipinski definition) is 5. The molecule has 0 spiro atoms. The number of rotatable bonds is 12. The van der Waals surface area contributed by atoms with Gasteiger partial charge in [0.15, 0.2) is 0 Å². The third-order valence-electron chi connectivity index (χ3n) is 6.13. The topological polar surface area (TPSA) is 93.1 Å². The molecule has 194 valence electrons. The Hall–Kier alpha value is -4.06. The van der Waals surface area contributed by atoms with E-state index in [1.807, 2.05) is 75.4 Å². The van der Waals surface area contributed by atoms with Crippen LogP contribution in [-0.2, 0) is 27.4 Å². The third kappa shape index (κ3) is 8.53. The number of benzene rings is 3. The largest absolute Gasteiger partial charge is 0.507 e. The van der Waals surface area contributed by atoms with E-state index >= 15 is 0 Å². The Bertz CT molecular complexity index is 1210. The van der Waals surface area contributed by atoms with Gasteiger partial charge >= 0.3 is 11.9 Å². The number of aromatic hydroxyl groups is 1. The first-order valence-corrected chi connectivity index (χ1v) is 12.4. The van der Waals surface area contributed by atoms with Crippen LogP contribution in [0.25, 0.3) is 6.08 Å². The fraction of sp³-hybridized carbons (Fsp3) is 0.290. The Kier molecular flexibility index (Phi) is 9.90. The molecule has 0 fully saturated rings. The van der Waals surface area contributed by atoms with Gasteiger partial charge in [-0.25, -0.2) is 4.79 Å². The van der Waals surface area contributed by atoms with Crippen molar-refractivity contribution in [3.8, 4) is 11.5 Å². The third-order valence-corrected chi connectivity index (χ3v) is 6.13. The van der Waals surface area contributed by atoms with E-state index in [9.17, 15) is 19.8 Å². The van der Waals surface area contributed by atoms with Crippen LogP contribution in [0.3, 0.4) is 0 Å². The maximum absolute atomic E-state index is 13.1. The number of phenolic OH excluding ortho intramolecular Hbond substituents is 1. The fourth-order valence-electron chi connectivity index (χ4n) is 3.81. The van der Waals surface area contributed by atoms with Gasteiger partial charge in [0.25, 0.3) is 0 Å². The molecule has 0 radical (unpaired) electrons. The first-order valence-electron chi connectivity index (χ1n) is 12.4. The number of esters is 1. The SMILES string of the molecule is CCC(C)OC(=O)C(CC(=Cc1cc(C)ccc1O)C(=O)O)Cc1ccc(OCc2ccccc2)cc1. The molecule has 6 nitrogen and oxygen atoms in total. The minimum absolute atomic E-state index is 0.0193. The molecule has 3 rings (SSSR count). The number of carbonyl (C=O) groups excluding carboxylic acids is 1. The number of carboxylic acids is 1. The number of aryl methyl sites for hydroxylation is 1. The summed E-state index contributed by atoms with van der Waals surface area (Å²) in [6.45, 7) is 6.04. The molecule has 0 saturated carbocycles. The maximum Gasteiger partial charge on any atom is 0.331 e. The predicted molar refractivity (Wildman–Crippen MR) is 143 cm³/mol. The van der Waals surface area contributed by atoms with Crippen LogP contribution in [0.4, 0.5) is 0 Å². The van der Waals surface area contributed by atoms with Gasteiger partial charge < -0.3 is 19.7 Å². The number of carboxylic acid groups (broad SMARTS) is 1. The molecule has 3 aromatic carbocycles. The fourth-order valence-corrected chi connectivity index (χ4v) is 3.81. The molecule has 0 heterocycles. The maximum atomic E-state index is 13.1. The standard InChI is InChI=1S/C31H34O6/c1-4-22(3)37-31(35)27(19-26(30(33)34)18-25-16-21(2)10-15-29(25)32)17-23-11-13-28(14-12-23)36-20-24-8-6-5-7-9-24/h5-16,18,22,27,32H,4,17,19-20H2,1-3H3,(H,33,34). The molecule has 2 N–H and O–H groups in total. The number of aliphatic carboxylic acids is 1. The summed E-state index contributed by atoms with van der Waals surface area (Å²) < 4.78 is 11.4. The quantitative estimate of drug-likeness (QED) is 0.222. The van der Waals surface area contributed by atoms with Crippen molar-refractivity contribution in [1.29, 1.82) is 0 Å². The van der Waals surface area contributed by atoms with E-state index in [4.69, 9.17) is 9.47 Å². The molecule has 0 aromatic heterocycles. The summed E-state index contributed by atoms with van der Waals surface area (Å²) >= 11 is 0. The van der Waals surface area contributed by atoms with E-state index in [0.29, 0.717) is 30.8 Å². The second-order valence-corrected chi connectivity index (χ2v) is 9.22. The van der Waals surface area contributed by atoms with Crippen molar-refractivity contribution < 1.29 is 29.3 Å². The van der Waals surface area contributed by atoms with E-state index in [1.54, 1.807) is 12.1 Å². The van der Waals surface area contributed by atoms with Crippen molar-refractivity contribution in [1.82, 2.24) is 0 Å². The zero-order valence-electron chi connectivity index (χ0n) is 21.5. The summed E-state index contributed by atoms with van der Waals surface area (Å²) in [6.07, 6.45) is 2.07. The molecule has 2 unspecified atom stereocenters. The molecule has 3 aromatic rings. The van der Waals surface area contributed by atoms with Gasteiger partial charge in [-0.15, -0.1) is 0 Å². The van der Waals surface area contributed by atoms with E-state index in [0.717, 1.165) is 16.7 Å². The molecule has 0 aliphatic rings. The van der Waals surface area contributed by atoms with E-state index < -0.39 is 17.9 Å². The molecule has 0 bridgehead atoms. The minimum atomic E-state index is -1.15.